The molecule has 0 aromatic rings. The van der Waals surface area contributed by atoms with Crippen LogP contribution >= 0.6 is 0 Å². The molecule has 0 spiro atoms. The third-order valence-corrected chi connectivity index (χ3v) is 1.67. The molecule has 1 aliphatic carbocycles. The molecule has 0 aliphatic heterocycles. The van der Waals surface area contributed by atoms with E-state index in [2.05, 4.69) is 0 Å². The first kappa shape index (κ1) is 7.70. The number of hydrogen-bond donors (Lipinski definition) is 0. The van der Waals surface area contributed by atoms with Gasteiger partial charge in [0.1, 0.15) is 0 Å². The molecule has 0 unspecified atom stereocenters. The molecule has 0 amide bonds. The monoisotopic (exact) mass is 149 g/mol. The van der Waals surface area contributed by atoms with Crippen molar-refractivity contribution in [3.63, 3.8) is 0 Å². The minimum absolute atomic E-state index is 0.507. The van der Waals surface area contributed by atoms with Crippen molar-refractivity contribution in [2.45, 2.75) is 25.7 Å². The van der Waals surface area contributed by atoms with Crippen molar-refractivity contribution in [2.75, 3.05) is 0 Å². The minimum atomic E-state index is -4.68. The van der Waals surface area contributed by atoms with Gasteiger partial charge in [-0.1, -0.05) is 0 Å². The predicted molar refractivity (Wildman–Crippen MR) is 35.6 cm³/mol. The van der Waals surface area contributed by atoms with Crippen LogP contribution in [-0.4, -0.2) is 6.98 Å². The van der Waals surface area contributed by atoms with Gasteiger partial charge in [0.05, 0.1) is 0 Å². The highest BCUT2D eigenvalue weighted by Crippen LogP contribution is 2.26. The predicted octanol–water partition coefficient (Wildman–Crippen LogP) is 2.87. The largest absolute Gasteiger partial charge is 0.502 e. The third kappa shape index (κ3) is 2.46. The summed E-state index contributed by atoms with van der Waals surface area (Å²) in [5, 5.41) is 0. The maximum atomic E-state index is 11.7. The van der Waals surface area contributed by atoms with E-state index in [4.69, 9.17) is 0 Å². The van der Waals surface area contributed by atoms with Crippen LogP contribution in [0, 0.1) is 0 Å². The van der Waals surface area contributed by atoms with E-state index < -0.39 is 6.98 Å². The van der Waals surface area contributed by atoms with Gasteiger partial charge in [-0.25, -0.2) is 0 Å². The lowest BCUT2D eigenvalue weighted by Crippen LogP contribution is -2.11. The van der Waals surface area contributed by atoms with Gasteiger partial charge in [-0.3, -0.25) is 0 Å². The fraction of sp³-hybridized carbons (Fsp3) is 0.667. The Balaban J connectivity index is 2.53. The molecule has 58 valence electrons. The Morgan fingerprint density at radius 3 is 2.00 bits per heavy atom. The van der Waals surface area contributed by atoms with Crippen LogP contribution in [0.1, 0.15) is 25.7 Å². The van der Waals surface area contributed by atoms with E-state index in [1.165, 1.54) is 0 Å². The summed E-state index contributed by atoms with van der Waals surface area (Å²) in [5.74, 6) is 0.507. The Labute approximate surface area is 58.2 Å². The first-order valence-electron chi connectivity index (χ1n) is 3.48. The van der Waals surface area contributed by atoms with E-state index in [0.717, 1.165) is 12.8 Å². The molecular weight excluding hydrogens is 140 g/mol. The van der Waals surface area contributed by atoms with Crippen molar-refractivity contribution < 1.29 is 12.9 Å². The average molecular weight is 149 g/mol. The number of halogens is 3. The lowest BCUT2D eigenvalue weighted by atomic mass is 9.88. The van der Waals surface area contributed by atoms with Gasteiger partial charge >= 0.3 is 6.98 Å². The van der Waals surface area contributed by atoms with Gasteiger partial charge in [-0.05, 0) is 25.7 Å². The topological polar surface area (TPSA) is 0 Å². The molecule has 0 aromatic heterocycles. The summed E-state index contributed by atoms with van der Waals surface area (Å²) in [6.07, 6.45) is 3.17. The minimum Gasteiger partial charge on any atom is -0.445 e. The maximum Gasteiger partial charge on any atom is 0.502 e. The molecule has 10 heavy (non-hydrogen) atoms. The van der Waals surface area contributed by atoms with Gasteiger partial charge in [-0.15, -0.1) is 11.5 Å². The van der Waals surface area contributed by atoms with Gasteiger partial charge in [0.15, 0.2) is 0 Å². The molecule has 0 atom stereocenters. The van der Waals surface area contributed by atoms with Crippen molar-refractivity contribution in [1.29, 1.82) is 0 Å². The Morgan fingerprint density at radius 1 is 1.10 bits per heavy atom. The second-order valence-corrected chi connectivity index (χ2v) is 2.66. The molecule has 0 saturated heterocycles. The fourth-order valence-electron chi connectivity index (χ4n) is 1.26. The SMILES string of the molecule is F[B-](F)(F)C=C1CCCC1. The van der Waals surface area contributed by atoms with E-state index in [1.54, 1.807) is 0 Å². The number of allylic oxidation sites excluding steroid dienone is 1. The molecule has 4 heteroatoms. The van der Waals surface area contributed by atoms with Crippen LogP contribution in [0.15, 0.2) is 11.5 Å². The normalized spacial score (nSPS) is 19.7. The van der Waals surface area contributed by atoms with E-state index >= 15 is 0 Å². The standard InChI is InChI=1S/C6H9BF3/c8-7(9,10)5-6-3-1-2-4-6/h5H,1-4H2/q-1. The van der Waals surface area contributed by atoms with Crippen LogP contribution in [0.2, 0.25) is 0 Å². The highest BCUT2D eigenvalue weighted by atomic mass is 19.4. The Bertz CT molecular complexity index is 140. The average Bonchev–Trinajstić information content (AvgIpc) is 2.12. The van der Waals surface area contributed by atoms with Gasteiger partial charge in [0.25, 0.3) is 0 Å². The summed E-state index contributed by atoms with van der Waals surface area (Å²) in [5.41, 5.74) is 0.590. The van der Waals surface area contributed by atoms with Gasteiger partial charge in [0.2, 0.25) is 0 Å². The van der Waals surface area contributed by atoms with Crippen LogP contribution in [0.4, 0.5) is 12.9 Å². The maximum absolute atomic E-state index is 11.7. The zero-order chi connectivity index (χ0) is 7.61. The molecule has 0 nitrogen and oxygen atoms in total. The van der Waals surface area contributed by atoms with Crippen LogP contribution in [0.3, 0.4) is 0 Å². The summed E-state index contributed by atoms with van der Waals surface area (Å²) < 4.78 is 35.1. The van der Waals surface area contributed by atoms with E-state index in [9.17, 15) is 12.9 Å². The van der Waals surface area contributed by atoms with Crippen LogP contribution in [-0.2, 0) is 0 Å². The summed E-state index contributed by atoms with van der Waals surface area (Å²) >= 11 is 0. The molecule has 0 aromatic carbocycles. The summed E-state index contributed by atoms with van der Waals surface area (Å²) in [6, 6.07) is 0. The molecule has 0 bridgehead atoms. The number of rotatable bonds is 1. The lowest BCUT2D eigenvalue weighted by Gasteiger charge is -2.08. The quantitative estimate of drug-likeness (QED) is 0.502. The van der Waals surface area contributed by atoms with Crippen molar-refractivity contribution in [1.82, 2.24) is 0 Å². The van der Waals surface area contributed by atoms with Gasteiger partial charge < -0.3 is 12.9 Å². The van der Waals surface area contributed by atoms with E-state index in [-0.39, 0.29) is 0 Å². The molecule has 0 radical (unpaired) electrons. The Kier molecular flexibility index (Phi) is 2.07. The van der Waals surface area contributed by atoms with E-state index in [1.807, 2.05) is 0 Å². The van der Waals surface area contributed by atoms with Crippen molar-refractivity contribution in [2.24, 2.45) is 0 Å². The van der Waals surface area contributed by atoms with Gasteiger partial charge in [-0.2, -0.15) is 0 Å². The van der Waals surface area contributed by atoms with Crippen LogP contribution in [0.5, 0.6) is 0 Å². The summed E-state index contributed by atoms with van der Waals surface area (Å²) in [7, 11) is 0. The van der Waals surface area contributed by atoms with Gasteiger partial charge in [0, 0.05) is 0 Å². The third-order valence-electron chi connectivity index (χ3n) is 1.67. The summed E-state index contributed by atoms with van der Waals surface area (Å²) in [4.78, 5) is 0. The lowest BCUT2D eigenvalue weighted by molar-refractivity contribution is 0.497. The van der Waals surface area contributed by atoms with Crippen molar-refractivity contribution in [3.05, 3.63) is 11.5 Å². The molecule has 1 aliphatic rings. The fourth-order valence-corrected chi connectivity index (χ4v) is 1.26. The van der Waals surface area contributed by atoms with Crippen LogP contribution < -0.4 is 0 Å². The molecule has 1 saturated carbocycles. The zero-order valence-electron chi connectivity index (χ0n) is 5.62. The zero-order valence-corrected chi connectivity index (χ0v) is 5.62. The Morgan fingerprint density at radius 2 is 1.60 bits per heavy atom. The highest BCUT2D eigenvalue weighted by Gasteiger charge is 2.20. The van der Waals surface area contributed by atoms with Crippen molar-refractivity contribution >= 4 is 6.98 Å². The number of hydrogen-bond acceptors (Lipinski definition) is 0. The molecule has 0 heterocycles. The molecular formula is C6H9BF3-. The second-order valence-electron chi connectivity index (χ2n) is 2.66. The highest BCUT2D eigenvalue weighted by molar-refractivity contribution is 6.64. The smallest absolute Gasteiger partial charge is 0.445 e. The summed E-state index contributed by atoms with van der Waals surface area (Å²) in [6.45, 7) is -4.68. The molecule has 1 rings (SSSR count). The molecule has 1 fully saturated rings. The van der Waals surface area contributed by atoms with E-state index in [0.29, 0.717) is 24.4 Å². The van der Waals surface area contributed by atoms with Crippen molar-refractivity contribution in [3.8, 4) is 0 Å². The second kappa shape index (κ2) is 2.68. The first-order chi connectivity index (χ1) is 4.58. The molecule has 0 N–H and O–H groups in total. The first-order valence-corrected chi connectivity index (χ1v) is 3.48. The van der Waals surface area contributed by atoms with Crippen LogP contribution in [0.25, 0.3) is 0 Å². The Hall–Kier alpha value is -0.405.